The molecule has 0 unspecified atom stereocenters. The van der Waals surface area contributed by atoms with Gasteiger partial charge in [0, 0.05) is 6.04 Å². The quantitative estimate of drug-likeness (QED) is 0.424. The fourth-order valence-corrected chi connectivity index (χ4v) is 1.26. The Morgan fingerprint density at radius 2 is 2.18 bits per heavy atom. The van der Waals surface area contributed by atoms with Crippen LogP contribution in [-0.4, -0.2) is 39.7 Å². The molecule has 0 spiro atoms. The molecule has 1 rings (SSSR count). The van der Waals surface area contributed by atoms with E-state index in [0.29, 0.717) is 12.8 Å². The molecule has 0 bridgehead atoms. The van der Waals surface area contributed by atoms with E-state index >= 15 is 0 Å². The Morgan fingerprint density at radius 1 is 1.64 bits per heavy atom. The summed E-state index contributed by atoms with van der Waals surface area (Å²) in [5, 5.41) is 28.2. The Morgan fingerprint density at radius 3 is 2.55 bits per heavy atom. The van der Waals surface area contributed by atoms with Crippen molar-refractivity contribution in [2.75, 3.05) is 6.61 Å². The predicted molar refractivity (Wildman–Crippen MR) is 36.2 cm³/mol. The average Bonchev–Trinajstić information content (AvgIpc) is 1.83. The summed E-state index contributed by atoms with van der Waals surface area (Å²) in [7, 11) is 0. The smallest absolute Gasteiger partial charge is 0.404 e. The third-order valence-corrected chi connectivity index (χ3v) is 1.87. The molecule has 5 heteroatoms. The second kappa shape index (κ2) is 2.67. The molecule has 4 N–H and O–H groups in total. The summed E-state index contributed by atoms with van der Waals surface area (Å²) >= 11 is 0. The lowest BCUT2D eigenvalue weighted by Gasteiger charge is -2.41. The van der Waals surface area contributed by atoms with Gasteiger partial charge in [0.2, 0.25) is 0 Å². The third-order valence-electron chi connectivity index (χ3n) is 1.87. The number of carbonyl (C=O) groups is 1. The van der Waals surface area contributed by atoms with Crippen molar-refractivity contribution in [2.24, 2.45) is 0 Å². The molecule has 0 atom stereocenters. The largest absolute Gasteiger partial charge is 0.465 e. The third kappa shape index (κ3) is 1.81. The fraction of sp³-hybridized carbons (Fsp3) is 0.833. The summed E-state index contributed by atoms with van der Waals surface area (Å²) in [4.78, 5) is 10.0. The van der Waals surface area contributed by atoms with E-state index in [1.165, 1.54) is 0 Å². The van der Waals surface area contributed by atoms with Crippen LogP contribution in [0.15, 0.2) is 0 Å². The maximum atomic E-state index is 10.0. The molecule has 1 aliphatic carbocycles. The molecule has 0 aromatic carbocycles. The number of aliphatic hydroxyl groups is 2. The van der Waals surface area contributed by atoms with E-state index in [9.17, 15) is 9.90 Å². The Hall–Kier alpha value is -0.810. The first-order chi connectivity index (χ1) is 5.06. The summed E-state index contributed by atoms with van der Waals surface area (Å²) < 4.78 is 0. The van der Waals surface area contributed by atoms with Crippen LogP contribution in [0.5, 0.6) is 0 Å². The number of nitrogens with one attached hydrogen (secondary N) is 1. The standard InChI is InChI=1S/C6H11NO4/c8-3-6(11)1-4(2-6)7-5(9)10/h4,7-8,11H,1-3H2,(H,9,10). The van der Waals surface area contributed by atoms with E-state index in [4.69, 9.17) is 10.2 Å². The molecular formula is C6H11NO4. The van der Waals surface area contributed by atoms with Crippen LogP contribution in [-0.2, 0) is 0 Å². The minimum atomic E-state index is -1.09. The highest BCUT2D eigenvalue weighted by atomic mass is 16.4. The van der Waals surface area contributed by atoms with Gasteiger partial charge in [-0.25, -0.2) is 4.79 Å². The first-order valence-corrected chi connectivity index (χ1v) is 3.38. The van der Waals surface area contributed by atoms with Crippen LogP contribution < -0.4 is 5.32 Å². The molecule has 0 heterocycles. The van der Waals surface area contributed by atoms with Crippen molar-refractivity contribution < 1.29 is 20.1 Å². The average molecular weight is 161 g/mol. The Bertz CT molecular complexity index is 164. The highest BCUT2D eigenvalue weighted by Crippen LogP contribution is 2.31. The van der Waals surface area contributed by atoms with Crippen molar-refractivity contribution >= 4 is 6.09 Å². The van der Waals surface area contributed by atoms with Crippen LogP contribution in [0.25, 0.3) is 0 Å². The number of amides is 1. The maximum absolute atomic E-state index is 10.0. The van der Waals surface area contributed by atoms with Gasteiger partial charge in [0.25, 0.3) is 0 Å². The molecule has 0 radical (unpaired) electrons. The van der Waals surface area contributed by atoms with Gasteiger partial charge < -0.3 is 20.6 Å². The summed E-state index contributed by atoms with van der Waals surface area (Å²) in [5.41, 5.74) is -1.05. The number of aliphatic hydroxyl groups excluding tert-OH is 1. The number of hydrogen-bond acceptors (Lipinski definition) is 3. The van der Waals surface area contributed by atoms with Crippen LogP contribution in [0.4, 0.5) is 4.79 Å². The molecule has 5 nitrogen and oxygen atoms in total. The van der Waals surface area contributed by atoms with Crippen LogP contribution in [0.3, 0.4) is 0 Å². The van der Waals surface area contributed by atoms with Gasteiger partial charge in [-0.3, -0.25) is 0 Å². The summed E-state index contributed by atoms with van der Waals surface area (Å²) in [6.07, 6.45) is -0.485. The molecule has 64 valence electrons. The zero-order valence-electron chi connectivity index (χ0n) is 5.95. The lowest BCUT2D eigenvalue weighted by molar-refractivity contribution is -0.0900. The van der Waals surface area contributed by atoms with Gasteiger partial charge in [-0.2, -0.15) is 0 Å². The van der Waals surface area contributed by atoms with Crippen molar-refractivity contribution in [1.82, 2.24) is 5.32 Å². The van der Waals surface area contributed by atoms with Crippen LogP contribution in [0, 0.1) is 0 Å². The summed E-state index contributed by atoms with van der Waals surface area (Å²) in [6.45, 7) is -0.301. The van der Waals surface area contributed by atoms with Crippen LogP contribution in [0.1, 0.15) is 12.8 Å². The molecule has 1 saturated carbocycles. The maximum Gasteiger partial charge on any atom is 0.404 e. The van der Waals surface area contributed by atoms with Crippen LogP contribution >= 0.6 is 0 Å². The molecular weight excluding hydrogens is 150 g/mol. The van der Waals surface area contributed by atoms with Crippen molar-refractivity contribution in [1.29, 1.82) is 0 Å². The van der Waals surface area contributed by atoms with E-state index in [0.717, 1.165) is 0 Å². The Labute approximate surface area is 63.7 Å². The predicted octanol–water partition coefficient (Wildman–Crippen LogP) is -0.860. The van der Waals surface area contributed by atoms with E-state index in [1.807, 2.05) is 0 Å². The molecule has 1 fully saturated rings. The first kappa shape index (κ1) is 8.29. The Kier molecular flexibility index (Phi) is 2.01. The van der Waals surface area contributed by atoms with Gasteiger partial charge in [-0.05, 0) is 12.8 Å². The number of rotatable bonds is 2. The zero-order chi connectivity index (χ0) is 8.48. The van der Waals surface area contributed by atoms with E-state index < -0.39 is 11.7 Å². The van der Waals surface area contributed by atoms with Crippen LogP contribution in [0.2, 0.25) is 0 Å². The van der Waals surface area contributed by atoms with Crippen molar-refractivity contribution in [2.45, 2.75) is 24.5 Å². The highest BCUT2D eigenvalue weighted by Gasteiger charge is 2.42. The lowest BCUT2D eigenvalue weighted by Crippen LogP contribution is -2.56. The second-order valence-corrected chi connectivity index (χ2v) is 2.94. The molecule has 0 aromatic rings. The molecule has 0 saturated heterocycles. The van der Waals surface area contributed by atoms with E-state index in [2.05, 4.69) is 5.32 Å². The summed E-state index contributed by atoms with van der Waals surface area (Å²) in [6, 6.07) is -0.204. The molecule has 0 aromatic heterocycles. The van der Waals surface area contributed by atoms with Gasteiger partial charge >= 0.3 is 6.09 Å². The second-order valence-electron chi connectivity index (χ2n) is 2.94. The van der Waals surface area contributed by atoms with Gasteiger partial charge in [-0.1, -0.05) is 0 Å². The molecule has 1 amide bonds. The number of carboxylic acid groups (broad SMARTS) is 1. The van der Waals surface area contributed by atoms with Gasteiger partial charge in [-0.15, -0.1) is 0 Å². The molecule has 0 aliphatic heterocycles. The van der Waals surface area contributed by atoms with Gasteiger partial charge in [0.15, 0.2) is 0 Å². The minimum absolute atomic E-state index is 0.204. The zero-order valence-corrected chi connectivity index (χ0v) is 5.95. The summed E-state index contributed by atoms with van der Waals surface area (Å²) in [5.74, 6) is 0. The van der Waals surface area contributed by atoms with E-state index in [-0.39, 0.29) is 12.6 Å². The SMILES string of the molecule is O=C(O)NC1CC(O)(CO)C1. The normalized spacial score (nSPS) is 36.0. The van der Waals surface area contributed by atoms with Gasteiger partial charge in [0.1, 0.15) is 0 Å². The van der Waals surface area contributed by atoms with Crippen molar-refractivity contribution in [3.63, 3.8) is 0 Å². The Balaban J connectivity index is 2.23. The van der Waals surface area contributed by atoms with Gasteiger partial charge in [0.05, 0.1) is 12.2 Å². The fourth-order valence-electron chi connectivity index (χ4n) is 1.26. The van der Waals surface area contributed by atoms with Crippen molar-refractivity contribution in [3.8, 4) is 0 Å². The lowest BCUT2D eigenvalue weighted by atomic mass is 9.76. The molecule has 1 aliphatic rings. The monoisotopic (exact) mass is 161 g/mol. The highest BCUT2D eigenvalue weighted by molar-refractivity contribution is 5.65. The first-order valence-electron chi connectivity index (χ1n) is 3.38. The minimum Gasteiger partial charge on any atom is -0.465 e. The topological polar surface area (TPSA) is 89.8 Å². The molecule has 11 heavy (non-hydrogen) atoms. The van der Waals surface area contributed by atoms with E-state index in [1.54, 1.807) is 0 Å². The number of hydrogen-bond donors (Lipinski definition) is 4. The van der Waals surface area contributed by atoms with Crippen molar-refractivity contribution in [3.05, 3.63) is 0 Å².